The van der Waals surface area contributed by atoms with Crippen LogP contribution in [0.1, 0.15) is 31.9 Å². The molecule has 0 radical (unpaired) electrons. The lowest BCUT2D eigenvalue weighted by atomic mass is 10.1. The molecule has 0 spiro atoms. The van der Waals surface area contributed by atoms with Gasteiger partial charge < -0.3 is 19.5 Å². The Kier molecular flexibility index (Phi) is 9.42. The van der Waals surface area contributed by atoms with Crippen LogP contribution in [-0.2, 0) is 9.47 Å². The van der Waals surface area contributed by atoms with Crippen molar-refractivity contribution in [3.05, 3.63) is 28.8 Å². The van der Waals surface area contributed by atoms with Crippen LogP contribution in [0, 0.1) is 0 Å². The Bertz CT molecular complexity index is 401. The van der Waals surface area contributed by atoms with Gasteiger partial charge in [0.25, 0.3) is 0 Å². The van der Waals surface area contributed by atoms with Gasteiger partial charge in [-0.15, -0.1) is 0 Å². The second-order valence-corrected chi connectivity index (χ2v) is 5.25. The van der Waals surface area contributed by atoms with Crippen molar-refractivity contribution in [1.82, 2.24) is 5.32 Å². The zero-order valence-corrected chi connectivity index (χ0v) is 13.9. The fourth-order valence-electron chi connectivity index (χ4n) is 1.91. The molecule has 120 valence electrons. The van der Waals surface area contributed by atoms with Gasteiger partial charge in [0.15, 0.2) is 0 Å². The molecule has 0 aliphatic rings. The predicted molar refractivity (Wildman–Crippen MR) is 86.4 cm³/mol. The zero-order chi connectivity index (χ0) is 15.5. The van der Waals surface area contributed by atoms with E-state index in [9.17, 15) is 0 Å². The van der Waals surface area contributed by atoms with Crippen molar-refractivity contribution in [2.24, 2.45) is 0 Å². The third kappa shape index (κ3) is 7.14. The Hall–Kier alpha value is -0.810. The van der Waals surface area contributed by atoms with E-state index in [1.165, 1.54) is 0 Å². The van der Waals surface area contributed by atoms with Gasteiger partial charge in [-0.25, -0.2) is 0 Å². The number of ether oxygens (including phenoxy) is 3. The monoisotopic (exact) mass is 315 g/mol. The fourth-order valence-corrected chi connectivity index (χ4v) is 2.10. The smallest absolute Gasteiger partial charge is 0.124 e. The van der Waals surface area contributed by atoms with Gasteiger partial charge in [0.05, 0.1) is 19.8 Å². The van der Waals surface area contributed by atoms with Gasteiger partial charge >= 0.3 is 0 Å². The summed E-state index contributed by atoms with van der Waals surface area (Å²) in [6.45, 7) is 7.47. The summed E-state index contributed by atoms with van der Waals surface area (Å²) in [5.74, 6) is 0.853. The summed E-state index contributed by atoms with van der Waals surface area (Å²) in [5.41, 5.74) is 1.08. The van der Waals surface area contributed by atoms with Crippen LogP contribution in [0.3, 0.4) is 0 Å². The molecule has 0 bridgehead atoms. The topological polar surface area (TPSA) is 39.7 Å². The molecule has 0 aliphatic heterocycles. The number of halogens is 1. The molecule has 0 aromatic heterocycles. The van der Waals surface area contributed by atoms with Crippen molar-refractivity contribution in [3.63, 3.8) is 0 Å². The number of hydrogen-bond acceptors (Lipinski definition) is 4. The molecule has 1 aromatic carbocycles. The molecular formula is C16H26ClNO3. The summed E-state index contributed by atoms with van der Waals surface area (Å²) in [6, 6.07) is 5.92. The maximum Gasteiger partial charge on any atom is 0.124 e. The third-order valence-electron chi connectivity index (χ3n) is 3.06. The highest BCUT2D eigenvalue weighted by atomic mass is 35.5. The molecule has 1 atom stereocenters. The lowest BCUT2D eigenvalue weighted by Gasteiger charge is -2.18. The minimum atomic E-state index is 0.202. The first-order valence-corrected chi connectivity index (χ1v) is 7.79. The van der Waals surface area contributed by atoms with E-state index < -0.39 is 0 Å². The van der Waals surface area contributed by atoms with E-state index in [1.54, 1.807) is 7.11 Å². The van der Waals surface area contributed by atoms with Gasteiger partial charge in [-0.05, 0) is 38.1 Å². The molecule has 1 rings (SSSR count). The molecular weight excluding hydrogens is 290 g/mol. The number of methoxy groups -OCH3 is 1. The summed E-state index contributed by atoms with van der Waals surface area (Å²) in [5, 5.41) is 4.17. The molecule has 0 saturated carbocycles. The Morgan fingerprint density at radius 3 is 2.67 bits per heavy atom. The van der Waals surface area contributed by atoms with Crippen LogP contribution in [0.25, 0.3) is 0 Å². The van der Waals surface area contributed by atoms with E-state index in [0.717, 1.165) is 29.3 Å². The van der Waals surface area contributed by atoms with Crippen LogP contribution < -0.4 is 10.1 Å². The fraction of sp³-hybridized carbons (Fsp3) is 0.625. The minimum absolute atomic E-state index is 0.202. The zero-order valence-electron chi connectivity index (χ0n) is 13.2. The summed E-state index contributed by atoms with van der Waals surface area (Å²) in [4.78, 5) is 0. The van der Waals surface area contributed by atoms with Crippen LogP contribution in [0.4, 0.5) is 0 Å². The van der Waals surface area contributed by atoms with Gasteiger partial charge in [0.2, 0.25) is 0 Å². The average Bonchev–Trinajstić information content (AvgIpc) is 2.49. The third-order valence-corrected chi connectivity index (χ3v) is 3.29. The van der Waals surface area contributed by atoms with Crippen LogP contribution in [0.5, 0.6) is 5.75 Å². The summed E-state index contributed by atoms with van der Waals surface area (Å²) in [6.07, 6.45) is 1.09. The van der Waals surface area contributed by atoms with Gasteiger partial charge in [-0.1, -0.05) is 18.5 Å². The highest BCUT2D eigenvalue weighted by Crippen LogP contribution is 2.28. The maximum atomic E-state index is 6.09. The van der Waals surface area contributed by atoms with Crippen molar-refractivity contribution in [1.29, 1.82) is 0 Å². The highest BCUT2D eigenvalue weighted by Gasteiger charge is 2.12. The van der Waals surface area contributed by atoms with Crippen molar-refractivity contribution in [3.8, 4) is 5.75 Å². The van der Waals surface area contributed by atoms with Gasteiger partial charge in [-0.2, -0.15) is 0 Å². The Balaban J connectivity index is 2.52. The SMILES string of the molecule is CCCNC(C)c1cc(Cl)ccc1OCCOCCOC. The van der Waals surface area contributed by atoms with Crippen molar-refractivity contribution < 1.29 is 14.2 Å². The van der Waals surface area contributed by atoms with E-state index >= 15 is 0 Å². The highest BCUT2D eigenvalue weighted by molar-refractivity contribution is 6.30. The second kappa shape index (κ2) is 10.9. The van der Waals surface area contributed by atoms with E-state index in [2.05, 4.69) is 19.2 Å². The standard InChI is InChI=1S/C16H26ClNO3/c1-4-7-18-13(2)15-12-14(17)5-6-16(15)21-11-10-20-9-8-19-3/h5-6,12-13,18H,4,7-11H2,1-3H3. The van der Waals surface area contributed by atoms with Crippen molar-refractivity contribution >= 4 is 11.6 Å². The first-order valence-electron chi connectivity index (χ1n) is 7.41. The molecule has 0 amide bonds. The predicted octanol–water partition coefficient (Wildman–Crippen LogP) is 3.44. The first-order chi connectivity index (χ1) is 10.2. The van der Waals surface area contributed by atoms with Gasteiger partial charge in [0.1, 0.15) is 12.4 Å². The first kappa shape index (κ1) is 18.2. The normalized spacial score (nSPS) is 12.4. The molecule has 5 heteroatoms. The van der Waals surface area contributed by atoms with Crippen molar-refractivity contribution in [2.45, 2.75) is 26.3 Å². The van der Waals surface area contributed by atoms with E-state index in [4.69, 9.17) is 25.8 Å². The number of rotatable bonds is 11. The van der Waals surface area contributed by atoms with Crippen LogP contribution >= 0.6 is 11.6 Å². The van der Waals surface area contributed by atoms with E-state index in [-0.39, 0.29) is 6.04 Å². The van der Waals surface area contributed by atoms with Gasteiger partial charge in [-0.3, -0.25) is 0 Å². The molecule has 0 fully saturated rings. The Labute approximate surface area is 132 Å². The van der Waals surface area contributed by atoms with Crippen LogP contribution in [0.15, 0.2) is 18.2 Å². The molecule has 4 nitrogen and oxygen atoms in total. The summed E-state index contributed by atoms with van der Waals surface area (Å²) in [7, 11) is 1.66. The number of nitrogens with one attached hydrogen (secondary N) is 1. The lowest BCUT2D eigenvalue weighted by Crippen LogP contribution is -2.20. The molecule has 0 heterocycles. The van der Waals surface area contributed by atoms with E-state index in [0.29, 0.717) is 26.4 Å². The molecule has 1 unspecified atom stereocenters. The number of benzene rings is 1. The summed E-state index contributed by atoms with van der Waals surface area (Å²) >= 11 is 6.09. The van der Waals surface area contributed by atoms with Crippen molar-refractivity contribution in [2.75, 3.05) is 40.1 Å². The molecule has 21 heavy (non-hydrogen) atoms. The van der Waals surface area contributed by atoms with Gasteiger partial charge in [0, 0.05) is 23.7 Å². The second-order valence-electron chi connectivity index (χ2n) is 4.81. The Morgan fingerprint density at radius 1 is 1.19 bits per heavy atom. The Morgan fingerprint density at radius 2 is 1.95 bits per heavy atom. The van der Waals surface area contributed by atoms with Crippen LogP contribution in [-0.4, -0.2) is 40.1 Å². The van der Waals surface area contributed by atoms with E-state index in [1.807, 2.05) is 18.2 Å². The molecule has 0 aliphatic carbocycles. The lowest BCUT2D eigenvalue weighted by molar-refractivity contribution is 0.0542. The number of hydrogen-bond donors (Lipinski definition) is 1. The molecule has 1 N–H and O–H groups in total. The molecule has 0 saturated heterocycles. The quantitative estimate of drug-likeness (QED) is 0.635. The average molecular weight is 316 g/mol. The summed E-state index contributed by atoms with van der Waals surface area (Å²) < 4.78 is 16.1. The largest absolute Gasteiger partial charge is 0.491 e. The van der Waals surface area contributed by atoms with Crippen LogP contribution in [0.2, 0.25) is 5.02 Å². The molecule has 1 aromatic rings. The minimum Gasteiger partial charge on any atom is -0.491 e. The maximum absolute atomic E-state index is 6.09.